The predicted molar refractivity (Wildman–Crippen MR) is 97.9 cm³/mol. The fraction of sp³-hybridized carbons (Fsp3) is 1.00. The van der Waals surface area contributed by atoms with E-state index in [1.54, 1.807) is 0 Å². The highest BCUT2D eigenvalue weighted by Crippen LogP contribution is 2.49. The Balaban J connectivity index is 4.03. The zero-order valence-electron chi connectivity index (χ0n) is 15.7. The Morgan fingerprint density at radius 1 is 0.522 bits per heavy atom. The van der Waals surface area contributed by atoms with E-state index in [0.717, 1.165) is 38.5 Å². The second-order valence-electron chi connectivity index (χ2n) is 6.13. The van der Waals surface area contributed by atoms with Crippen molar-refractivity contribution >= 4 is 7.82 Å². The van der Waals surface area contributed by atoms with Crippen molar-refractivity contribution in [2.24, 2.45) is 0 Å². The van der Waals surface area contributed by atoms with Crippen LogP contribution >= 0.6 is 7.82 Å². The van der Waals surface area contributed by atoms with E-state index in [9.17, 15) is 4.57 Å². The molecule has 0 amide bonds. The van der Waals surface area contributed by atoms with Gasteiger partial charge in [0.25, 0.3) is 0 Å². The zero-order chi connectivity index (χ0) is 17.2. The van der Waals surface area contributed by atoms with Crippen LogP contribution in [-0.2, 0) is 18.1 Å². The summed E-state index contributed by atoms with van der Waals surface area (Å²) in [6.07, 6.45) is 13.1. The number of unbranched alkanes of at least 4 members (excludes halogenated alkanes) is 9. The SMILES string of the molecule is CCCCCCOP(=O)(OCCCCCC)OCCCCCC. The Hall–Kier alpha value is 0.110. The second-order valence-corrected chi connectivity index (χ2v) is 7.80. The van der Waals surface area contributed by atoms with Crippen LogP contribution in [0.25, 0.3) is 0 Å². The quantitative estimate of drug-likeness (QED) is 0.199. The molecule has 0 aliphatic carbocycles. The Bertz CT molecular complexity index is 241. The maximum atomic E-state index is 12.6. The van der Waals surface area contributed by atoms with Crippen molar-refractivity contribution in [3.05, 3.63) is 0 Å². The minimum atomic E-state index is -3.37. The van der Waals surface area contributed by atoms with Crippen molar-refractivity contribution in [2.45, 2.75) is 97.8 Å². The molecular formula is C18H39O4P. The van der Waals surface area contributed by atoms with E-state index >= 15 is 0 Å². The first-order valence-electron chi connectivity index (χ1n) is 9.72. The molecule has 0 aliphatic heterocycles. The molecule has 4 nitrogen and oxygen atoms in total. The molecule has 0 radical (unpaired) electrons. The van der Waals surface area contributed by atoms with Gasteiger partial charge in [0, 0.05) is 0 Å². The van der Waals surface area contributed by atoms with E-state index in [1.807, 2.05) is 0 Å². The number of phosphoric ester groups is 1. The van der Waals surface area contributed by atoms with Crippen molar-refractivity contribution in [3.8, 4) is 0 Å². The summed E-state index contributed by atoms with van der Waals surface area (Å²) in [4.78, 5) is 0. The molecule has 5 heteroatoms. The van der Waals surface area contributed by atoms with Gasteiger partial charge in [-0.3, -0.25) is 13.6 Å². The summed E-state index contributed by atoms with van der Waals surface area (Å²) in [5.74, 6) is 0. The smallest absolute Gasteiger partial charge is 0.287 e. The summed E-state index contributed by atoms with van der Waals surface area (Å²) in [5.41, 5.74) is 0. The number of hydrogen-bond donors (Lipinski definition) is 0. The van der Waals surface area contributed by atoms with Crippen molar-refractivity contribution in [2.75, 3.05) is 19.8 Å². The summed E-state index contributed by atoms with van der Waals surface area (Å²) >= 11 is 0. The highest BCUT2D eigenvalue weighted by atomic mass is 31.2. The molecule has 0 aromatic rings. The molecule has 0 unspecified atom stereocenters. The minimum Gasteiger partial charge on any atom is -0.287 e. The van der Waals surface area contributed by atoms with E-state index in [-0.39, 0.29) is 0 Å². The monoisotopic (exact) mass is 350 g/mol. The fourth-order valence-electron chi connectivity index (χ4n) is 2.23. The first-order valence-corrected chi connectivity index (χ1v) is 11.2. The molecule has 0 rings (SSSR count). The number of rotatable bonds is 18. The van der Waals surface area contributed by atoms with Crippen LogP contribution in [0.2, 0.25) is 0 Å². The topological polar surface area (TPSA) is 44.8 Å². The van der Waals surface area contributed by atoms with Gasteiger partial charge in [0.15, 0.2) is 0 Å². The van der Waals surface area contributed by atoms with Crippen LogP contribution in [-0.4, -0.2) is 19.8 Å². The van der Waals surface area contributed by atoms with Gasteiger partial charge < -0.3 is 0 Å². The molecule has 0 aromatic carbocycles. The molecule has 0 bridgehead atoms. The molecule has 0 atom stereocenters. The summed E-state index contributed by atoms with van der Waals surface area (Å²) < 4.78 is 29.1. The second kappa shape index (κ2) is 17.0. The summed E-state index contributed by atoms with van der Waals surface area (Å²) in [5, 5.41) is 0. The number of phosphoric acid groups is 1. The standard InChI is InChI=1S/C18H39O4P/c1-4-7-10-13-16-20-23(19,21-17-14-11-8-5-2)22-18-15-12-9-6-3/h4-18H2,1-3H3. The lowest BCUT2D eigenvalue weighted by atomic mass is 10.2. The van der Waals surface area contributed by atoms with Crippen molar-refractivity contribution in [1.82, 2.24) is 0 Å². The summed E-state index contributed by atoms with van der Waals surface area (Å²) in [6.45, 7) is 7.89. The molecule has 23 heavy (non-hydrogen) atoms. The number of hydrogen-bond acceptors (Lipinski definition) is 4. The van der Waals surface area contributed by atoms with Crippen LogP contribution in [0.15, 0.2) is 0 Å². The van der Waals surface area contributed by atoms with Gasteiger partial charge in [-0.05, 0) is 19.3 Å². The van der Waals surface area contributed by atoms with Crippen molar-refractivity contribution in [3.63, 3.8) is 0 Å². The lowest BCUT2D eigenvalue weighted by Crippen LogP contribution is -2.04. The van der Waals surface area contributed by atoms with Gasteiger partial charge in [-0.25, -0.2) is 4.57 Å². The third-order valence-electron chi connectivity index (χ3n) is 3.74. The average molecular weight is 350 g/mol. The van der Waals surface area contributed by atoms with Crippen molar-refractivity contribution < 1.29 is 18.1 Å². The highest BCUT2D eigenvalue weighted by Gasteiger charge is 2.26. The van der Waals surface area contributed by atoms with Crippen LogP contribution < -0.4 is 0 Å². The normalized spacial score (nSPS) is 12.0. The zero-order valence-corrected chi connectivity index (χ0v) is 16.6. The molecular weight excluding hydrogens is 311 g/mol. The predicted octanol–water partition coefficient (Wildman–Crippen LogP) is 6.89. The van der Waals surface area contributed by atoms with Gasteiger partial charge in [-0.15, -0.1) is 0 Å². The molecule has 0 spiro atoms. The van der Waals surface area contributed by atoms with Crippen molar-refractivity contribution in [1.29, 1.82) is 0 Å². The summed E-state index contributed by atoms with van der Waals surface area (Å²) in [7, 11) is -3.37. The Morgan fingerprint density at radius 2 is 0.826 bits per heavy atom. The molecule has 140 valence electrons. The van der Waals surface area contributed by atoms with Crippen LogP contribution in [0.1, 0.15) is 97.8 Å². The Morgan fingerprint density at radius 3 is 1.09 bits per heavy atom. The van der Waals surface area contributed by atoms with Gasteiger partial charge in [0.1, 0.15) is 0 Å². The van der Waals surface area contributed by atoms with E-state index in [1.165, 1.54) is 38.5 Å². The molecule has 0 aliphatic rings. The molecule has 0 N–H and O–H groups in total. The highest BCUT2D eigenvalue weighted by molar-refractivity contribution is 7.48. The largest absolute Gasteiger partial charge is 0.474 e. The van der Waals surface area contributed by atoms with Gasteiger partial charge >= 0.3 is 7.82 Å². The molecule has 0 saturated heterocycles. The first kappa shape index (κ1) is 23.1. The molecule has 0 saturated carbocycles. The fourth-order valence-corrected chi connectivity index (χ4v) is 3.51. The maximum absolute atomic E-state index is 12.6. The lowest BCUT2D eigenvalue weighted by Gasteiger charge is -2.18. The van der Waals surface area contributed by atoms with Crippen LogP contribution in [0.4, 0.5) is 0 Å². The van der Waals surface area contributed by atoms with Gasteiger partial charge in [-0.1, -0.05) is 78.6 Å². The minimum absolute atomic E-state index is 0.460. The molecule has 0 aromatic heterocycles. The summed E-state index contributed by atoms with van der Waals surface area (Å²) in [6, 6.07) is 0. The third kappa shape index (κ3) is 15.4. The first-order chi connectivity index (χ1) is 11.2. The van der Waals surface area contributed by atoms with Crippen LogP contribution in [0.3, 0.4) is 0 Å². The third-order valence-corrected chi connectivity index (χ3v) is 5.24. The van der Waals surface area contributed by atoms with Gasteiger partial charge in [0.2, 0.25) is 0 Å². The van der Waals surface area contributed by atoms with Crippen LogP contribution in [0.5, 0.6) is 0 Å². The van der Waals surface area contributed by atoms with E-state index < -0.39 is 7.82 Å². The average Bonchev–Trinajstić information content (AvgIpc) is 2.54. The Labute approximate surface area is 144 Å². The van der Waals surface area contributed by atoms with Gasteiger partial charge in [-0.2, -0.15) is 0 Å². The van der Waals surface area contributed by atoms with E-state index in [0.29, 0.717) is 19.8 Å². The van der Waals surface area contributed by atoms with Gasteiger partial charge in [0.05, 0.1) is 19.8 Å². The van der Waals surface area contributed by atoms with E-state index in [4.69, 9.17) is 13.6 Å². The maximum Gasteiger partial charge on any atom is 0.474 e. The van der Waals surface area contributed by atoms with Crippen LogP contribution in [0, 0.1) is 0 Å². The molecule has 0 heterocycles. The Kier molecular flexibility index (Phi) is 17.0. The molecule has 0 fully saturated rings. The lowest BCUT2D eigenvalue weighted by molar-refractivity contribution is 0.108. The van der Waals surface area contributed by atoms with E-state index in [2.05, 4.69) is 20.8 Å².